The van der Waals surface area contributed by atoms with Crippen molar-refractivity contribution in [3.8, 4) is 6.01 Å². The Morgan fingerprint density at radius 3 is 2.22 bits per heavy atom. The normalized spacial score (nSPS) is 18.8. The molecule has 0 unspecified atom stereocenters. The number of sulfonamides is 1. The molecule has 1 aromatic heterocycles. The number of hydrogen-bond donors (Lipinski definition) is 3. The Hall–Kier alpha value is -3.73. The molecular weight excluding hydrogens is 651 g/mol. The zero-order valence-corrected chi connectivity index (χ0v) is 26.0. The first kappa shape index (κ1) is 32.2. The van der Waals surface area contributed by atoms with Crippen molar-refractivity contribution in [3.63, 3.8) is 0 Å². The highest BCUT2D eigenvalue weighted by Gasteiger charge is 2.56. The molecule has 246 valence electrons. The predicted molar refractivity (Wildman–Crippen MR) is 163 cm³/mol. The Kier molecular flexibility index (Phi) is 8.73. The zero-order valence-electron chi connectivity index (χ0n) is 24.4. The van der Waals surface area contributed by atoms with Crippen molar-refractivity contribution in [2.24, 2.45) is 0 Å². The molecule has 1 saturated heterocycles. The van der Waals surface area contributed by atoms with E-state index in [1.54, 1.807) is 12.1 Å². The maximum Gasteiger partial charge on any atom is 0.422 e. The minimum Gasteiger partial charge on any atom is -0.454 e. The van der Waals surface area contributed by atoms with Gasteiger partial charge in [0.2, 0.25) is 21.9 Å². The molecule has 3 fully saturated rings. The highest BCUT2D eigenvalue weighted by atomic mass is 35.5. The number of amides is 1. The van der Waals surface area contributed by atoms with Crippen LogP contribution in [0, 0.1) is 0 Å². The summed E-state index contributed by atoms with van der Waals surface area (Å²) in [5.41, 5.74) is 0.862. The first-order valence-corrected chi connectivity index (χ1v) is 16.4. The predicted octanol–water partition coefficient (Wildman–Crippen LogP) is 4.24. The minimum atomic E-state index is -4.61. The number of ether oxygens (including phenoxy) is 2. The molecule has 2 saturated carbocycles. The SMILES string of the molecule is O=C(NS(=O)(=O)C1(CN2CCOCC2)CC1)c1ccc(Nc2nc(NC3(c4ccc(Cl)cc4)CC3)nc(OCC(F)(F)F)n2)cc1. The smallest absolute Gasteiger partial charge is 0.422 e. The van der Waals surface area contributed by atoms with Crippen molar-refractivity contribution in [2.45, 2.75) is 42.1 Å². The molecule has 2 heterocycles. The fourth-order valence-electron chi connectivity index (χ4n) is 5.21. The molecule has 3 aromatic rings. The number of benzene rings is 2. The molecule has 6 rings (SSSR count). The van der Waals surface area contributed by atoms with Gasteiger partial charge in [0.05, 0.1) is 18.8 Å². The standard InChI is InChI=1S/C29H31ClF3N7O5S/c30-21-5-3-20(4-6-21)28(11-12-28)38-25-35-24(36-26(37-25)45-18-29(31,32)33)34-22-7-1-19(2-8-22)23(41)39-46(42,43)27(9-10-27)17-40-13-15-44-16-14-40/h1-8H,9-18H2,(H,39,41)(H2,34,35,36,37,38). The largest absolute Gasteiger partial charge is 0.454 e. The molecule has 12 nitrogen and oxygen atoms in total. The second-order valence-electron chi connectivity index (χ2n) is 11.6. The van der Waals surface area contributed by atoms with E-state index in [-0.39, 0.29) is 17.5 Å². The topological polar surface area (TPSA) is 148 Å². The number of aromatic nitrogens is 3. The van der Waals surface area contributed by atoms with E-state index in [0.717, 1.165) is 18.4 Å². The summed E-state index contributed by atoms with van der Waals surface area (Å²) in [6, 6.07) is 12.4. The lowest BCUT2D eigenvalue weighted by molar-refractivity contribution is -0.154. The molecule has 0 radical (unpaired) electrons. The Bertz CT molecular complexity index is 1680. The summed E-state index contributed by atoms with van der Waals surface area (Å²) in [7, 11) is -3.94. The number of anilines is 3. The van der Waals surface area contributed by atoms with Gasteiger partial charge in [0, 0.05) is 35.9 Å². The van der Waals surface area contributed by atoms with E-state index in [4.69, 9.17) is 21.1 Å². The van der Waals surface area contributed by atoms with Crippen LogP contribution in [0.2, 0.25) is 5.02 Å². The third-order valence-corrected chi connectivity index (χ3v) is 10.5. The zero-order chi connectivity index (χ0) is 32.6. The van der Waals surface area contributed by atoms with Crippen LogP contribution in [-0.4, -0.2) is 84.6 Å². The average Bonchev–Trinajstić information content (AvgIpc) is 3.95. The van der Waals surface area contributed by atoms with Crippen LogP contribution in [0.15, 0.2) is 48.5 Å². The van der Waals surface area contributed by atoms with Crippen LogP contribution in [0.1, 0.15) is 41.6 Å². The Morgan fingerprint density at radius 1 is 0.957 bits per heavy atom. The van der Waals surface area contributed by atoms with Gasteiger partial charge in [-0.2, -0.15) is 28.1 Å². The average molecular weight is 682 g/mol. The lowest BCUT2D eigenvalue weighted by Gasteiger charge is -2.30. The summed E-state index contributed by atoms with van der Waals surface area (Å²) in [6.07, 6.45) is -2.21. The van der Waals surface area contributed by atoms with Gasteiger partial charge in [-0.1, -0.05) is 23.7 Å². The number of morpholine rings is 1. The molecular formula is C29H31ClF3N7O5S. The number of alkyl halides is 3. The maximum absolute atomic E-state index is 13.1. The minimum absolute atomic E-state index is 0.00517. The van der Waals surface area contributed by atoms with Crippen molar-refractivity contribution >= 4 is 45.1 Å². The monoisotopic (exact) mass is 681 g/mol. The van der Waals surface area contributed by atoms with Crippen LogP contribution in [0.25, 0.3) is 0 Å². The molecule has 2 aliphatic carbocycles. The summed E-state index contributed by atoms with van der Waals surface area (Å²) in [4.78, 5) is 27.3. The van der Waals surface area contributed by atoms with E-state index in [1.807, 2.05) is 17.0 Å². The molecule has 1 aliphatic heterocycles. The Morgan fingerprint density at radius 2 is 1.61 bits per heavy atom. The summed E-state index contributed by atoms with van der Waals surface area (Å²) >= 11 is 6.02. The third kappa shape index (κ3) is 7.62. The third-order valence-electron chi connectivity index (χ3n) is 8.10. The second-order valence-corrected chi connectivity index (χ2v) is 14.1. The Balaban J connectivity index is 1.14. The molecule has 46 heavy (non-hydrogen) atoms. The summed E-state index contributed by atoms with van der Waals surface area (Å²) < 4.78 is 76.3. The highest BCUT2D eigenvalue weighted by molar-refractivity contribution is 7.91. The van der Waals surface area contributed by atoms with Crippen LogP contribution in [0.4, 0.5) is 30.8 Å². The van der Waals surface area contributed by atoms with Crippen LogP contribution < -0.4 is 20.1 Å². The maximum atomic E-state index is 13.1. The van der Waals surface area contributed by atoms with Gasteiger partial charge in [-0.15, -0.1) is 0 Å². The first-order valence-electron chi connectivity index (χ1n) is 14.6. The fraction of sp³-hybridized carbons (Fsp3) is 0.448. The van der Waals surface area contributed by atoms with Crippen molar-refractivity contribution < 1.29 is 35.9 Å². The number of carbonyl (C=O) groups is 1. The molecule has 0 spiro atoms. The van der Waals surface area contributed by atoms with Crippen LogP contribution in [0.5, 0.6) is 6.01 Å². The van der Waals surface area contributed by atoms with Crippen molar-refractivity contribution in [1.82, 2.24) is 24.6 Å². The number of rotatable bonds is 12. The molecule has 3 N–H and O–H groups in total. The quantitative estimate of drug-likeness (QED) is 0.252. The molecule has 2 aromatic carbocycles. The van der Waals surface area contributed by atoms with E-state index in [9.17, 15) is 26.4 Å². The summed E-state index contributed by atoms with van der Waals surface area (Å²) in [6.45, 7) is 1.09. The van der Waals surface area contributed by atoms with Gasteiger partial charge in [0.25, 0.3) is 5.91 Å². The Labute approximate surface area is 268 Å². The van der Waals surface area contributed by atoms with E-state index in [2.05, 4.69) is 30.3 Å². The van der Waals surface area contributed by atoms with Gasteiger partial charge in [-0.05, 0) is 67.6 Å². The highest BCUT2D eigenvalue weighted by Crippen LogP contribution is 2.48. The molecule has 1 amide bonds. The van der Waals surface area contributed by atoms with Gasteiger partial charge in [-0.25, -0.2) is 13.1 Å². The van der Waals surface area contributed by atoms with Crippen LogP contribution in [0.3, 0.4) is 0 Å². The van der Waals surface area contributed by atoms with E-state index in [1.165, 1.54) is 24.3 Å². The number of nitrogens with zero attached hydrogens (tertiary/aromatic N) is 4. The van der Waals surface area contributed by atoms with Gasteiger partial charge in [0.1, 0.15) is 4.75 Å². The van der Waals surface area contributed by atoms with Crippen molar-refractivity contribution in [3.05, 3.63) is 64.7 Å². The van der Waals surface area contributed by atoms with E-state index >= 15 is 0 Å². The second kappa shape index (κ2) is 12.5. The first-order chi connectivity index (χ1) is 21.8. The van der Waals surface area contributed by atoms with Gasteiger partial charge < -0.3 is 20.1 Å². The number of nitrogens with one attached hydrogen (secondary N) is 3. The van der Waals surface area contributed by atoms with Gasteiger partial charge in [0.15, 0.2) is 6.61 Å². The molecule has 3 aliphatic rings. The number of hydrogen-bond acceptors (Lipinski definition) is 11. The molecule has 0 atom stereocenters. The summed E-state index contributed by atoms with van der Waals surface area (Å²) in [5, 5.41) is 6.64. The number of carbonyl (C=O) groups excluding carboxylic acids is 1. The van der Waals surface area contributed by atoms with Crippen molar-refractivity contribution in [2.75, 3.05) is 50.1 Å². The van der Waals surface area contributed by atoms with E-state index < -0.39 is 45.0 Å². The van der Waals surface area contributed by atoms with Crippen molar-refractivity contribution in [1.29, 1.82) is 0 Å². The molecule has 0 bridgehead atoms. The lowest BCUT2D eigenvalue weighted by Crippen LogP contribution is -2.48. The van der Waals surface area contributed by atoms with Crippen LogP contribution >= 0.6 is 11.6 Å². The fourth-order valence-corrected chi connectivity index (χ4v) is 6.91. The number of halogens is 4. The lowest BCUT2D eigenvalue weighted by atomic mass is 10.1. The van der Waals surface area contributed by atoms with Gasteiger partial charge in [-0.3, -0.25) is 9.69 Å². The van der Waals surface area contributed by atoms with Crippen LogP contribution in [-0.2, 0) is 20.3 Å². The molecule has 17 heteroatoms. The summed E-state index contributed by atoms with van der Waals surface area (Å²) in [5.74, 6) is -0.888. The van der Waals surface area contributed by atoms with E-state index in [0.29, 0.717) is 56.4 Å². The van der Waals surface area contributed by atoms with Gasteiger partial charge >= 0.3 is 12.2 Å².